The van der Waals surface area contributed by atoms with Gasteiger partial charge in [0.15, 0.2) is 0 Å². The van der Waals surface area contributed by atoms with E-state index >= 15 is 0 Å². The molecule has 6 heteroatoms. The first kappa shape index (κ1) is 26.4. The summed E-state index contributed by atoms with van der Waals surface area (Å²) >= 11 is 0. The van der Waals surface area contributed by atoms with Crippen molar-refractivity contribution < 1.29 is 0 Å². The van der Waals surface area contributed by atoms with E-state index in [1.165, 1.54) is 0 Å². The summed E-state index contributed by atoms with van der Waals surface area (Å²) in [5.41, 5.74) is 3.35. The van der Waals surface area contributed by atoms with Crippen LogP contribution in [0.4, 0.5) is 0 Å². The SMILES string of the molecule is [CH]N(Cc1ccccn1)C1CC(NCc2ccccn2)CC(N(Cc2ccccn2)CC(C)(C)C)C1. The molecule has 1 saturated carbocycles. The molecular weight excluding hydrogens is 444 g/mol. The maximum Gasteiger partial charge on any atom is 0.0544 e. The van der Waals surface area contributed by atoms with Gasteiger partial charge in [-0.1, -0.05) is 39.0 Å². The Labute approximate surface area is 217 Å². The highest BCUT2D eigenvalue weighted by molar-refractivity contribution is 5.07. The van der Waals surface area contributed by atoms with Crippen LogP contribution in [0.2, 0.25) is 0 Å². The minimum absolute atomic E-state index is 0.176. The van der Waals surface area contributed by atoms with E-state index in [9.17, 15) is 0 Å². The highest BCUT2D eigenvalue weighted by Gasteiger charge is 2.35. The van der Waals surface area contributed by atoms with E-state index < -0.39 is 0 Å². The van der Waals surface area contributed by atoms with Gasteiger partial charge in [0.2, 0.25) is 0 Å². The first-order chi connectivity index (χ1) is 17.4. The second kappa shape index (κ2) is 12.5. The molecule has 1 aliphatic carbocycles. The Morgan fingerprint density at radius 3 is 1.89 bits per heavy atom. The fourth-order valence-electron chi connectivity index (χ4n) is 5.18. The van der Waals surface area contributed by atoms with Gasteiger partial charge in [0.25, 0.3) is 0 Å². The molecule has 3 atom stereocenters. The number of hydrogen-bond donors (Lipinski definition) is 1. The van der Waals surface area contributed by atoms with Crippen molar-refractivity contribution in [3.63, 3.8) is 0 Å². The molecule has 2 radical (unpaired) electrons. The number of pyridine rings is 3. The van der Waals surface area contributed by atoms with Crippen LogP contribution in [0, 0.1) is 12.5 Å². The van der Waals surface area contributed by atoms with Crippen LogP contribution in [0.15, 0.2) is 73.2 Å². The van der Waals surface area contributed by atoms with Crippen LogP contribution in [0.1, 0.15) is 57.1 Å². The summed E-state index contributed by atoms with van der Waals surface area (Å²) in [5, 5.41) is 3.80. The van der Waals surface area contributed by atoms with E-state index in [-0.39, 0.29) is 11.5 Å². The minimum Gasteiger partial charge on any atom is -0.308 e. The van der Waals surface area contributed by atoms with Gasteiger partial charge >= 0.3 is 0 Å². The molecule has 190 valence electrons. The molecule has 0 spiro atoms. The molecular formula is C30H40N6. The molecule has 36 heavy (non-hydrogen) atoms. The predicted molar refractivity (Wildman–Crippen MR) is 144 cm³/mol. The number of nitrogens with zero attached hydrogens (tertiary/aromatic N) is 5. The van der Waals surface area contributed by atoms with Crippen LogP contribution in [0.25, 0.3) is 0 Å². The van der Waals surface area contributed by atoms with Gasteiger partial charge in [-0.15, -0.1) is 0 Å². The molecule has 3 unspecified atom stereocenters. The van der Waals surface area contributed by atoms with Gasteiger partial charge in [0.05, 0.1) is 17.1 Å². The molecule has 1 aliphatic rings. The lowest BCUT2D eigenvalue weighted by Gasteiger charge is -2.45. The zero-order chi connectivity index (χ0) is 25.4. The lowest BCUT2D eigenvalue weighted by atomic mass is 9.83. The van der Waals surface area contributed by atoms with E-state index in [1.54, 1.807) is 0 Å². The molecule has 0 saturated heterocycles. The molecule has 0 aromatic carbocycles. The van der Waals surface area contributed by atoms with E-state index in [0.29, 0.717) is 18.6 Å². The maximum atomic E-state index is 6.71. The summed E-state index contributed by atoms with van der Waals surface area (Å²) in [6.07, 6.45) is 8.68. The molecule has 3 aromatic heterocycles. The van der Waals surface area contributed by atoms with E-state index in [4.69, 9.17) is 7.05 Å². The van der Waals surface area contributed by atoms with Crippen LogP contribution >= 0.6 is 0 Å². The summed E-state index contributed by atoms with van der Waals surface area (Å²) in [4.78, 5) is 18.3. The molecule has 0 amide bonds. The molecule has 3 heterocycles. The summed E-state index contributed by atoms with van der Waals surface area (Å²) in [7, 11) is 6.71. The van der Waals surface area contributed by atoms with Gasteiger partial charge in [0.1, 0.15) is 0 Å². The first-order valence-corrected chi connectivity index (χ1v) is 13.0. The molecule has 3 aromatic rings. The maximum absolute atomic E-state index is 6.71. The summed E-state index contributed by atoms with van der Waals surface area (Å²) < 4.78 is 0. The van der Waals surface area contributed by atoms with Crippen molar-refractivity contribution in [3.8, 4) is 0 Å². The van der Waals surface area contributed by atoms with Crippen LogP contribution in [0.5, 0.6) is 0 Å². The van der Waals surface area contributed by atoms with Gasteiger partial charge in [-0.25, -0.2) is 0 Å². The molecule has 1 fully saturated rings. The normalized spacial score (nSPS) is 20.7. The second-order valence-electron chi connectivity index (χ2n) is 11.2. The number of aromatic nitrogens is 3. The molecule has 0 bridgehead atoms. The van der Waals surface area contributed by atoms with E-state index in [0.717, 1.165) is 56.0 Å². The highest BCUT2D eigenvalue weighted by Crippen LogP contribution is 2.31. The Kier molecular flexibility index (Phi) is 9.19. The lowest BCUT2D eigenvalue weighted by Crippen LogP contribution is -2.52. The highest BCUT2D eigenvalue weighted by atomic mass is 15.2. The van der Waals surface area contributed by atoms with Gasteiger partial charge in [-0.05, 0) is 61.1 Å². The Balaban J connectivity index is 1.53. The minimum atomic E-state index is 0.176. The lowest BCUT2D eigenvalue weighted by molar-refractivity contribution is 0.0559. The van der Waals surface area contributed by atoms with Gasteiger partial charge in [-0.2, -0.15) is 0 Å². The van der Waals surface area contributed by atoms with Crippen molar-refractivity contribution in [2.24, 2.45) is 5.41 Å². The van der Waals surface area contributed by atoms with Crippen LogP contribution < -0.4 is 5.32 Å². The third-order valence-electron chi connectivity index (χ3n) is 6.78. The standard InChI is InChI=1S/C30H40N6/c1-30(2,3)23-36(22-26-13-7-10-16-33-26)29-18-27(34-20-24-11-5-8-14-31-24)17-28(19-29)35(4)21-25-12-6-9-15-32-25/h4-16,27-29,34H,17-23H2,1-3H3. The third kappa shape index (κ3) is 8.19. The number of hydrogen-bond acceptors (Lipinski definition) is 6. The van der Waals surface area contributed by atoms with Crippen molar-refractivity contribution in [1.82, 2.24) is 30.1 Å². The first-order valence-electron chi connectivity index (χ1n) is 13.0. The van der Waals surface area contributed by atoms with Crippen molar-refractivity contribution in [2.45, 2.75) is 77.8 Å². The monoisotopic (exact) mass is 484 g/mol. The van der Waals surface area contributed by atoms with Gasteiger partial charge < -0.3 is 5.32 Å². The van der Waals surface area contributed by atoms with Crippen molar-refractivity contribution >= 4 is 0 Å². The quantitative estimate of drug-likeness (QED) is 0.410. The fraction of sp³-hybridized carbons (Fsp3) is 0.467. The molecule has 0 aliphatic heterocycles. The Bertz CT molecular complexity index is 1020. The van der Waals surface area contributed by atoms with Gasteiger partial charge in [-0.3, -0.25) is 24.8 Å². The zero-order valence-corrected chi connectivity index (χ0v) is 21.9. The summed E-state index contributed by atoms with van der Waals surface area (Å²) in [5.74, 6) is 0. The van der Waals surface area contributed by atoms with Crippen molar-refractivity contribution in [3.05, 3.63) is 97.3 Å². The predicted octanol–water partition coefficient (Wildman–Crippen LogP) is 4.97. The summed E-state index contributed by atoms with van der Waals surface area (Å²) in [6.45, 7) is 10.2. The number of nitrogens with one attached hydrogen (secondary N) is 1. The fourth-order valence-corrected chi connectivity index (χ4v) is 5.18. The molecule has 4 rings (SSSR count). The molecule has 1 N–H and O–H groups in total. The number of rotatable bonds is 10. The average Bonchev–Trinajstić information content (AvgIpc) is 2.88. The van der Waals surface area contributed by atoms with E-state index in [1.807, 2.05) is 59.9 Å². The topological polar surface area (TPSA) is 57.2 Å². The second-order valence-corrected chi connectivity index (χ2v) is 11.2. The third-order valence-corrected chi connectivity index (χ3v) is 6.78. The van der Waals surface area contributed by atoms with Crippen LogP contribution in [0.3, 0.4) is 0 Å². The average molecular weight is 485 g/mol. The van der Waals surface area contributed by atoms with E-state index in [2.05, 4.69) is 64.1 Å². The van der Waals surface area contributed by atoms with Crippen molar-refractivity contribution in [2.75, 3.05) is 6.54 Å². The van der Waals surface area contributed by atoms with Crippen LogP contribution in [-0.4, -0.2) is 49.4 Å². The van der Waals surface area contributed by atoms with Crippen molar-refractivity contribution in [1.29, 1.82) is 0 Å². The largest absolute Gasteiger partial charge is 0.308 e. The Morgan fingerprint density at radius 1 is 0.778 bits per heavy atom. The molecule has 6 nitrogen and oxygen atoms in total. The Morgan fingerprint density at radius 2 is 1.33 bits per heavy atom. The zero-order valence-electron chi connectivity index (χ0n) is 21.9. The van der Waals surface area contributed by atoms with Crippen LogP contribution in [-0.2, 0) is 19.6 Å². The van der Waals surface area contributed by atoms with Gasteiger partial charge in [0, 0.05) is 69.9 Å². The smallest absolute Gasteiger partial charge is 0.0544 e. The Hall–Kier alpha value is -2.67. The summed E-state index contributed by atoms with van der Waals surface area (Å²) in [6, 6.07) is 19.3.